The van der Waals surface area contributed by atoms with E-state index in [1.54, 1.807) is 7.11 Å². The first-order chi connectivity index (χ1) is 9.56. The van der Waals surface area contributed by atoms with Gasteiger partial charge in [0, 0.05) is 13.5 Å². The van der Waals surface area contributed by atoms with Gasteiger partial charge in [0.1, 0.15) is 5.75 Å². The lowest BCUT2D eigenvalue weighted by Gasteiger charge is -2.13. The minimum absolute atomic E-state index is 0.0553. The molecule has 0 spiro atoms. The molecule has 1 atom stereocenters. The maximum Gasteiger partial charge on any atom is 0.328 e. The van der Waals surface area contributed by atoms with Crippen LogP contribution in [0.5, 0.6) is 5.75 Å². The zero-order valence-electron chi connectivity index (χ0n) is 11.6. The van der Waals surface area contributed by atoms with Crippen LogP contribution in [0.1, 0.15) is 12.0 Å². The number of carbonyl (C=O) groups excluding carboxylic acids is 1. The largest absolute Gasteiger partial charge is 0.497 e. The zero-order chi connectivity index (χ0) is 15.0. The Morgan fingerprint density at radius 3 is 2.70 bits per heavy atom. The quantitative estimate of drug-likeness (QED) is 0.737. The van der Waals surface area contributed by atoms with E-state index in [9.17, 15) is 9.59 Å². The van der Waals surface area contributed by atoms with Crippen LogP contribution in [0.25, 0.3) is 0 Å². The third-order valence-corrected chi connectivity index (χ3v) is 2.74. The topological polar surface area (TPSA) is 84.9 Å². The molecule has 1 amide bonds. The Hall–Kier alpha value is -2.08. The lowest BCUT2D eigenvalue weighted by molar-refractivity contribution is -0.143. The fraction of sp³-hybridized carbons (Fsp3) is 0.429. The van der Waals surface area contributed by atoms with E-state index in [0.29, 0.717) is 6.42 Å². The van der Waals surface area contributed by atoms with E-state index in [0.717, 1.165) is 11.3 Å². The smallest absolute Gasteiger partial charge is 0.328 e. The predicted molar refractivity (Wildman–Crippen MR) is 72.8 cm³/mol. The average molecular weight is 281 g/mol. The lowest BCUT2D eigenvalue weighted by Crippen LogP contribution is -2.43. The fourth-order valence-corrected chi connectivity index (χ4v) is 1.69. The molecule has 0 aromatic heterocycles. The highest BCUT2D eigenvalue weighted by Gasteiger charge is 2.19. The molecule has 1 unspecified atom stereocenters. The van der Waals surface area contributed by atoms with Crippen LogP contribution >= 0.6 is 0 Å². The Balaban J connectivity index is 2.47. The second-order valence-corrected chi connectivity index (χ2v) is 4.27. The SMILES string of the molecule is COCC(NC(=O)CCc1cccc(OC)c1)C(=O)O. The molecule has 110 valence electrons. The number of amides is 1. The van der Waals surface area contributed by atoms with Gasteiger partial charge in [0.05, 0.1) is 13.7 Å². The van der Waals surface area contributed by atoms with Crippen LogP contribution in [0.4, 0.5) is 0 Å². The predicted octanol–water partition coefficient (Wildman–Crippen LogP) is 0.844. The van der Waals surface area contributed by atoms with Crippen LogP contribution in [0.15, 0.2) is 24.3 Å². The molecular weight excluding hydrogens is 262 g/mol. The summed E-state index contributed by atoms with van der Waals surface area (Å²) < 4.78 is 9.84. The van der Waals surface area contributed by atoms with Crippen LogP contribution in [0.3, 0.4) is 0 Å². The Morgan fingerprint density at radius 2 is 2.10 bits per heavy atom. The lowest BCUT2D eigenvalue weighted by atomic mass is 10.1. The van der Waals surface area contributed by atoms with Crippen molar-refractivity contribution in [3.05, 3.63) is 29.8 Å². The summed E-state index contributed by atoms with van der Waals surface area (Å²) in [4.78, 5) is 22.6. The number of rotatable bonds is 8. The van der Waals surface area contributed by atoms with Gasteiger partial charge in [0.2, 0.25) is 5.91 Å². The van der Waals surface area contributed by atoms with Crippen molar-refractivity contribution in [2.45, 2.75) is 18.9 Å². The minimum atomic E-state index is -1.11. The zero-order valence-corrected chi connectivity index (χ0v) is 11.6. The molecule has 0 aliphatic heterocycles. The molecule has 0 aliphatic carbocycles. The van der Waals surface area contributed by atoms with Gasteiger partial charge in [0.15, 0.2) is 6.04 Å². The summed E-state index contributed by atoms with van der Waals surface area (Å²) in [7, 11) is 2.96. The first-order valence-corrected chi connectivity index (χ1v) is 6.21. The van der Waals surface area contributed by atoms with Crippen LogP contribution in [0, 0.1) is 0 Å². The summed E-state index contributed by atoms with van der Waals surface area (Å²) in [5, 5.41) is 11.3. The highest BCUT2D eigenvalue weighted by atomic mass is 16.5. The third-order valence-electron chi connectivity index (χ3n) is 2.74. The summed E-state index contributed by atoms with van der Waals surface area (Å²) >= 11 is 0. The normalized spacial score (nSPS) is 11.7. The van der Waals surface area contributed by atoms with Crippen molar-refractivity contribution in [3.8, 4) is 5.75 Å². The van der Waals surface area contributed by atoms with Gasteiger partial charge < -0.3 is 19.9 Å². The van der Waals surface area contributed by atoms with Crippen LogP contribution < -0.4 is 10.1 Å². The second-order valence-electron chi connectivity index (χ2n) is 4.27. The number of methoxy groups -OCH3 is 2. The average Bonchev–Trinajstić information content (AvgIpc) is 2.44. The van der Waals surface area contributed by atoms with Crippen molar-refractivity contribution in [2.24, 2.45) is 0 Å². The van der Waals surface area contributed by atoms with E-state index < -0.39 is 12.0 Å². The number of carboxylic acid groups (broad SMARTS) is 1. The minimum Gasteiger partial charge on any atom is -0.497 e. The Kier molecular flexibility index (Phi) is 6.52. The number of ether oxygens (including phenoxy) is 2. The number of hydrogen-bond donors (Lipinski definition) is 2. The molecule has 0 fully saturated rings. The Bertz CT molecular complexity index is 461. The summed E-state index contributed by atoms with van der Waals surface area (Å²) in [6.45, 7) is -0.0553. The highest BCUT2D eigenvalue weighted by molar-refractivity contribution is 5.83. The van der Waals surface area contributed by atoms with Gasteiger partial charge in [-0.1, -0.05) is 12.1 Å². The molecule has 0 saturated heterocycles. The van der Waals surface area contributed by atoms with Crippen molar-refractivity contribution in [2.75, 3.05) is 20.8 Å². The number of nitrogens with one attached hydrogen (secondary N) is 1. The molecule has 20 heavy (non-hydrogen) atoms. The number of aliphatic carboxylic acids is 1. The molecule has 6 heteroatoms. The Labute approximate surface area is 117 Å². The van der Waals surface area contributed by atoms with Crippen molar-refractivity contribution >= 4 is 11.9 Å². The number of carbonyl (C=O) groups is 2. The van der Waals surface area contributed by atoms with Gasteiger partial charge in [-0.2, -0.15) is 0 Å². The number of benzene rings is 1. The molecule has 6 nitrogen and oxygen atoms in total. The monoisotopic (exact) mass is 281 g/mol. The van der Waals surface area contributed by atoms with Crippen molar-refractivity contribution in [1.82, 2.24) is 5.32 Å². The summed E-state index contributed by atoms with van der Waals surface area (Å²) in [5.41, 5.74) is 0.957. The molecule has 0 radical (unpaired) electrons. The van der Waals surface area contributed by atoms with Gasteiger partial charge in [-0.25, -0.2) is 4.79 Å². The van der Waals surface area contributed by atoms with Crippen LogP contribution in [-0.2, 0) is 20.7 Å². The summed E-state index contributed by atoms with van der Waals surface area (Å²) in [6.07, 6.45) is 0.725. The second kappa shape index (κ2) is 8.16. The first kappa shape index (κ1) is 16.0. The van der Waals surface area contributed by atoms with Gasteiger partial charge in [-0.05, 0) is 24.1 Å². The number of hydrogen-bond acceptors (Lipinski definition) is 4. The fourth-order valence-electron chi connectivity index (χ4n) is 1.69. The standard InChI is InChI=1S/C14H19NO5/c1-19-9-12(14(17)18)15-13(16)7-6-10-4-3-5-11(8-10)20-2/h3-5,8,12H,6-7,9H2,1-2H3,(H,15,16)(H,17,18). The van der Waals surface area contributed by atoms with Crippen molar-refractivity contribution < 1.29 is 24.2 Å². The van der Waals surface area contributed by atoms with Crippen molar-refractivity contribution in [1.29, 1.82) is 0 Å². The summed E-state index contributed by atoms with van der Waals surface area (Å²) in [5.74, 6) is -0.704. The van der Waals surface area contributed by atoms with E-state index in [-0.39, 0.29) is 18.9 Å². The van der Waals surface area contributed by atoms with E-state index in [4.69, 9.17) is 14.6 Å². The van der Waals surface area contributed by atoms with E-state index in [1.807, 2.05) is 24.3 Å². The molecule has 2 N–H and O–H groups in total. The first-order valence-electron chi connectivity index (χ1n) is 6.21. The highest BCUT2D eigenvalue weighted by Crippen LogP contribution is 2.13. The molecule has 0 bridgehead atoms. The number of carboxylic acids is 1. The van der Waals surface area contributed by atoms with Crippen molar-refractivity contribution in [3.63, 3.8) is 0 Å². The van der Waals surface area contributed by atoms with E-state index in [2.05, 4.69) is 5.32 Å². The van der Waals surface area contributed by atoms with Gasteiger partial charge in [-0.15, -0.1) is 0 Å². The van der Waals surface area contributed by atoms with E-state index >= 15 is 0 Å². The van der Waals surface area contributed by atoms with Gasteiger partial charge in [-0.3, -0.25) is 4.79 Å². The molecular formula is C14H19NO5. The number of aryl methyl sites for hydroxylation is 1. The van der Waals surface area contributed by atoms with Crippen LogP contribution in [-0.4, -0.2) is 43.9 Å². The Morgan fingerprint density at radius 1 is 1.35 bits per heavy atom. The maximum absolute atomic E-state index is 11.7. The van der Waals surface area contributed by atoms with Gasteiger partial charge >= 0.3 is 5.97 Å². The third kappa shape index (κ3) is 5.27. The molecule has 1 rings (SSSR count). The molecule has 0 aliphatic rings. The molecule has 0 saturated carbocycles. The molecule has 0 heterocycles. The van der Waals surface area contributed by atoms with Gasteiger partial charge in [0.25, 0.3) is 0 Å². The summed E-state index contributed by atoms with van der Waals surface area (Å²) in [6, 6.07) is 6.38. The van der Waals surface area contributed by atoms with E-state index in [1.165, 1.54) is 7.11 Å². The molecule has 1 aromatic rings. The molecule has 1 aromatic carbocycles. The maximum atomic E-state index is 11.7. The van der Waals surface area contributed by atoms with Crippen LogP contribution in [0.2, 0.25) is 0 Å².